The van der Waals surface area contributed by atoms with E-state index in [1.807, 2.05) is 7.05 Å². The van der Waals surface area contributed by atoms with Crippen LogP contribution in [0.15, 0.2) is 42.5 Å². The Kier molecular flexibility index (Phi) is 5.72. The second kappa shape index (κ2) is 7.53. The van der Waals surface area contributed by atoms with Gasteiger partial charge in [0.2, 0.25) is 0 Å². The molecule has 0 unspecified atom stereocenters. The maximum atomic E-state index is 5.93. The Labute approximate surface area is 129 Å². The van der Waals surface area contributed by atoms with Gasteiger partial charge in [-0.15, -0.1) is 0 Å². The van der Waals surface area contributed by atoms with Gasteiger partial charge in [-0.2, -0.15) is 0 Å². The van der Waals surface area contributed by atoms with Crippen LogP contribution in [0.1, 0.15) is 11.1 Å². The Morgan fingerprint density at radius 3 is 2.15 bits per heavy atom. The van der Waals surface area contributed by atoms with Crippen LogP contribution in [0.5, 0.6) is 5.75 Å². The van der Waals surface area contributed by atoms with Gasteiger partial charge >= 0.3 is 0 Å². The number of rotatable bonds is 6. The van der Waals surface area contributed by atoms with Crippen molar-refractivity contribution < 1.29 is 4.74 Å². The molecule has 0 aliphatic rings. The van der Waals surface area contributed by atoms with Crippen LogP contribution in [0.25, 0.3) is 0 Å². The molecule has 0 bridgehead atoms. The number of ether oxygens (including phenoxy) is 1. The van der Waals surface area contributed by atoms with Crippen molar-refractivity contribution in [2.75, 3.05) is 13.6 Å². The van der Waals surface area contributed by atoms with E-state index >= 15 is 0 Å². The van der Waals surface area contributed by atoms with Crippen LogP contribution in [0.3, 0.4) is 0 Å². The summed E-state index contributed by atoms with van der Waals surface area (Å²) in [5, 5.41) is 4.30. The molecule has 0 atom stereocenters. The highest BCUT2D eigenvalue weighted by Gasteiger charge is 2.00. The maximum Gasteiger partial charge on any atom is 0.122 e. The number of benzene rings is 2. The van der Waals surface area contributed by atoms with Gasteiger partial charge in [0.05, 0.1) is 0 Å². The van der Waals surface area contributed by atoms with Crippen molar-refractivity contribution in [2.24, 2.45) is 0 Å². The smallest absolute Gasteiger partial charge is 0.122 e. The molecule has 0 saturated heterocycles. The van der Waals surface area contributed by atoms with Gasteiger partial charge in [0.25, 0.3) is 0 Å². The second-order valence-electron chi connectivity index (χ2n) is 4.56. The molecular formula is C16H17Cl2NO. The third-order valence-corrected chi connectivity index (χ3v) is 3.36. The molecule has 0 saturated carbocycles. The van der Waals surface area contributed by atoms with E-state index < -0.39 is 0 Å². The highest BCUT2D eigenvalue weighted by molar-refractivity contribution is 6.34. The van der Waals surface area contributed by atoms with E-state index in [0.29, 0.717) is 22.4 Å². The fourth-order valence-corrected chi connectivity index (χ4v) is 2.36. The predicted octanol–water partition coefficient (Wildman–Crippen LogP) is 4.33. The predicted molar refractivity (Wildman–Crippen MR) is 84.9 cm³/mol. The van der Waals surface area contributed by atoms with Crippen LogP contribution in [0, 0.1) is 0 Å². The van der Waals surface area contributed by atoms with Crippen molar-refractivity contribution >= 4 is 23.2 Å². The Hall–Kier alpha value is -1.22. The Morgan fingerprint density at radius 1 is 0.950 bits per heavy atom. The molecular weight excluding hydrogens is 293 g/mol. The summed E-state index contributed by atoms with van der Waals surface area (Å²) in [5.41, 5.74) is 2.43. The number of likely N-dealkylation sites (N-methyl/N-ethyl adjacent to an activating group) is 1. The molecule has 0 aliphatic heterocycles. The van der Waals surface area contributed by atoms with Crippen LogP contribution in [0.2, 0.25) is 10.0 Å². The van der Waals surface area contributed by atoms with Crippen molar-refractivity contribution in [2.45, 2.75) is 13.0 Å². The lowest BCUT2D eigenvalue weighted by Gasteiger charge is -2.08. The molecule has 0 radical (unpaired) electrons. The van der Waals surface area contributed by atoms with Crippen LogP contribution in [-0.2, 0) is 13.0 Å². The van der Waals surface area contributed by atoms with Gasteiger partial charge in [0.1, 0.15) is 12.4 Å². The summed E-state index contributed by atoms with van der Waals surface area (Å²) in [6.07, 6.45) is 1.03. The van der Waals surface area contributed by atoms with Crippen LogP contribution < -0.4 is 10.1 Å². The molecule has 2 aromatic carbocycles. The SMILES string of the molecule is CNCCc1ccc(COc2cc(Cl)cc(Cl)c2)cc1. The van der Waals surface area contributed by atoms with Gasteiger partial charge in [-0.25, -0.2) is 0 Å². The lowest BCUT2D eigenvalue weighted by Crippen LogP contribution is -2.10. The quantitative estimate of drug-likeness (QED) is 0.857. The van der Waals surface area contributed by atoms with Gasteiger partial charge in [-0.05, 0) is 49.3 Å². The van der Waals surface area contributed by atoms with Gasteiger partial charge in [-0.1, -0.05) is 47.5 Å². The summed E-state index contributed by atoms with van der Waals surface area (Å²) in [7, 11) is 1.96. The van der Waals surface area contributed by atoms with Gasteiger partial charge in [0.15, 0.2) is 0 Å². The first-order chi connectivity index (χ1) is 9.67. The summed E-state index contributed by atoms with van der Waals surface area (Å²) in [5.74, 6) is 0.682. The first kappa shape index (κ1) is 15.2. The standard InChI is InChI=1S/C16H17Cl2NO/c1-19-7-6-12-2-4-13(5-3-12)11-20-16-9-14(17)8-15(18)10-16/h2-5,8-10,19H,6-7,11H2,1H3. The molecule has 0 aliphatic carbocycles. The minimum Gasteiger partial charge on any atom is -0.489 e. The summed E-state index contributed by atoms with van der Waals surface area (Å²) in [6.45, 7) is 1.49. The third kappa shape index (κ3) is 4.71. The van der Waals surface area contributed by atoms with E-state index in [2.05, 4.69) is 29.6 Å². The number of hydrogen-bond acceptors (Lipinski definition) is 2. The topological polar surface area (TPSA) is 21.3 Å². The number of hydrogen-bond donors (Lipinski definition) is 1. The van der Waals surface area contributed by atoms with Crippen molar-refractivity contribution in [3.05, 3.63) is 63.6 Å². The Bertz CT molecular complexity index is 535. The van der Waals surface area contributed by atoms with E-state index in [0.717, 1.165) is 18.5 Å². The fraction of sp³-hybridized carbons (Fsp3) is 0.250. The Balaban J connectivity index is 1.93. The van der Waals surface area contributed by atoms with E-state index in [1.165, 1.54) is 5.56 Å². The summed E-state index contributed by atoms with van der Waals surface area (Å²) in [6, 6.07) is 13.6. The monoisotopic (exact) mass is 309 g/mol. The summed E-state index contributed by atoms with van der Waals surface area (Å²) >= 11 is 11.9. The number of nitrogens with one attached hydrogen (secondary N) is 1. The highest BCUT2D eigenvalue weighted by Crippen LogP contribution is 2.24. The Morgan fingerprint density at radius 2 is 1.55 bits per heavy atom. The fourth-order valence-electron chi connectivity index (χ4n) is 1.85. The first-order valence-corrected chi connectivity index (χ1v) is 7.24. The van der Waals surface area contributed by atoms with Gasteiger partial charge in [0, 0.05) is 10.0 Å². The first-order valence-electron chi connectivity index (χ1n) is 6.48. The largest absolute Gasteiger partial charge is 0.489 e. The van der Waals surface area contributed by atoms with Crippen molar-refractivity contribution in [3.8, 4) is 5.75 Å². The molecule has 2 rings (SSSR count). The molecule has 0 aromatic heterocycles. The van der Waals surface area contributed by atoms with Crippen molar-refractivity contribution in [1.29, 1.82) is 0 Å². The van der Waals surface area contributed by atoms with Crippen LogP contribution >= 0.6 is 23.2 Å². The average molecular weight is 310 g/mol. The van der Waals surface area contributed by atoms with E-state index in [1.54, 1.807) is 18.2 Å². The summed E-state index contributed by atoms with van der Waals surface area (Å²) in [4.78, 5) is 0. The lowest BCUT2D eigenvalue weighted by molar-refractivity contribution is 0.306. The maximum absolute atomic E-state index is 5.93. The number of halogens is 2. The third-order valence-electron chi connectivity index (χ3n) is 2.93. The summed E-state index contributed by atoms with van der Waals surface area (Å²) < 4.78 is 5.69. The van der Waals surface area contributed by atoms with E-state index in [9.17, 15) is 0 Å². The van der Waals surface area contributed by atoms with Crippen LogP contribution in [0.4, 0.5) is 0 Å². The average Bonchev–Trinajstić information content (AvgIpc) is 2.43. The highest BCUT2D eigenvalue weighted by atomic mass is 35.5. The van der Waals surface area contributed by atoms with E-state index in [4.69, 9.17) is 27.9 Å². The molecule has 0 fully saturated rings. The second-order valence-corrected chi connectivity index (χ2v) is 5.44. The normalized spacial score (nSPS) is 10.6. The molecule has 2 aromatic rings. The van der Waals surface area contributed by atoms with E-state index in [-0.39, 0.29) is 0 Å². The zero-order valence-corrected chi connectivity index (χ0v) is 12.8. The molecule has 0 spiro atoms. The molecule has 4 heteroatoms. The molecule has 2 nitrogen and oxygen atoms in total. The molecule has 0 heterocycles. The minimum absolute atomic E-state index is 0.503. The minimum atomic E-state index is 0.503. The zero-order valence-electron chi connectivity index (χ0n) is 11.3. The van der Waals surface area contributed by atoms with Crippen molar-refractivity contribution in [3.63, 3.8) is 0 Å². The molecule has 106 valence electrons. The molecule has 20 heavy (non-hydrogen) atoms. The molecule has 0 amide bonds. The molecule has 1 N–H and O–H groups in total. The lowest BCUT2D eigenvalue weighted by atomic mass is 10.1. The zero-order chi connectivity index (χ0) is 14.4. The van der Waals surface area contributed by atoms with Crippen molar-refractivity contribution in [1.82, 2.24) is 5.32 Å². The van der Waals surface area contributed by atoms with Gasteiger partial charge < -0.3 is 10.1 Å². The van der Waals surface area contributed by atoms with Gasteiger partial charge in [-0.3, -0.25) is 0 Å². The van der Waals surface area contributed by atoms with Crippen LogP contribution in [-0.4, -0.2) is 13.6 Å².